The van der Waals surface area contributed by atoms with Crippen LogP contribution in [0, 0.1) is 0 Å². The minimum Gasteiger partial charge on any atom is -0.385 e. The predicted molar refractivity (Wildman–Crippen MR) is 91.3 cm³/mol. The second kappa shape index (κ2) is 20.6. The van der Waals surface area contributed by atoms with Gasteiger partial charge in [-0.2, -0.15) is 0 Å². The molecule has 0 aromatic carbocycles. The number of rotatable bonds is 8. The fraction of sp³-hybridized carbons (Fsp3) is 0.765. The monoisotopic (exact) mass is 334 g/mol. The van der Waals surface area contributed by atoms with Gasteiger partial charge >= 0.3 is 0 Å². The minimum atomic E-state index is -1.72. The number of carbonyl (C=O) groups is 4. The number of aliphatic hydroxyl groups is 2. The third-order valence-corrected chi connectivity index (χ3v) is 2.74. The maximum Gasteiger partial charge on any atom is 0.177 e. The molecule has 2 atom stereocenters. The topological polar surface area (TPSA) is 109 Å². The van der Waals surface area contributed by atoms with Gasteiger partial charge in [-0.25, -0.2) is 0 Å². The third kappa shape index (κ3) is 15.3. The Morgan fingerprint density at radius 1 is 1.09 bits per heavy atom. The highest BCUT2D eigenvalue weighted by atomic mass is 16.3. The lowest BCUT2D eigenvalue weighted by Crippen LogP contribution is -2.39. The SMILES string of the molecule is C=O.CC.CCC(=O)C(O)CC.CCCC(O)(C=O)C(=O)CC. The van der Waals surface area contributed by atoms with Crippen molar-refractivity contribution < 1.29 is 29.4 Å². The Morgan fingerprint density at radius 3 is 1.70 bits per heavy atom. The summed E-state index contributed by atoms with van der Waals surface area (Å²) in [5.74, 6) is -0.457. The number of ketones is 2. The molecule has 0 heterocycles. The standard InChI is InChI=1S/C8H14O3.C6H12O2.C2H6.CH2O/c1-3-5-8(11,6-9)7(10)4-2;1-3-5(7)6(8)4-2;2*1-2/h6,11H,3-5H2,1-2H3;5,7H,3-4H2,1-2H3;1-2H3;1H2. The Kier molecular flexibility index (Phi) is 26.5. The molecule has 0 fully saturated rings. The van der Waals surface area contributed by atoms with E-state index >= 15 is 0 Å². The summed E-state index contributed by atoms with van der Waals surface area (Å²) >= 11 is 0. The fourth-order valence-corrected chi connectivity index (χ4v) is 1.41. The Balaban J connectivity index is -0.000000133. The quantitative estimate of drug-likeness (QED) is 0.520. The van der Waals surface area contributed by atoms with E-state index in [1.54, 1.807) is 20.8 Å². The molecule has 0 radical (unpaired) electrons. The van der Waals surface area contributed by atoms with Crippen molar-refractivity contribution in [1.29, 1.82) is 0 Å². The van der Waals surface area contributed by atoms with Crippen LogP contribution in [-0.2, 0) is 19.2 Å². The normalized spacial score (nSPS) is 12.5. The van der Waals surface area contributed by atoms with Crippen LogP contribution in [0.25, 0.3) is 0 Å². The maximum atomic E-state index is 11.0. The highest BCUT2D eigenvalue weighted by Crippen LogP contribution is 2.12. The fourth-order valence-electron chi connectivity index (χ4n) is 1.41. The Morgan fingerprint density at radius 2 is 1.52 bits per heavy atom. The first-order valence-electron chi connectivity index (χ1n) is 8.04. The van der Waals surface area contributed by atoms with E-state index in [1.165, 1.54) is 0 Å². The van der Waals surface area contributed by atoms with Gasteiger partial charge in [0, 0.05) is 12.8 Å². The van der Waals surface area contributed by atoms with Crippen molar-refractivity contribution in [3.63, 3.8) is 0 Å². The summed E-state index contributed by atoms with van der Waals surface area (Å²) in [5, 5.41) is 18.1. The molecule has 0 aliphatic carbocycles. The molecule has 0 bridgehead atoms. The molecule has 0 aliphatic rings. The van der Waals surface area contributed by atoms with Gasteiger partial charge in [-0.1, -0.05) is 48.0 Å². The Bertz CT molecular complexity index is 303. The molecule has 23 heavy (non-hydrogen) atoms. The molecule has 138 valence electrons. The van der Waals surface area contributed by atoms with Crippen LogP contribution in [0.4, 0.5) is 0 Å². The van der Waals surface area contributed by atoms with Gasteiger partial charge in [-0.15, -0.1) is 0 Å². The van der Waals surface area contributed by atoms with Gasteiger partial charge in [-0.05, 0) is 12.8 Å². The number of carbonyl (C=O) groups excluding carboxylic acids is 4. The molecule has 0 saturated heterocycles. The van der Waals surface area contributed by atoms with Crippen LogP contribution in [0.2, 0.25) is 0 Å². The second-order valence-corrected chi connectivity index (χ2v) is 4.31. The molecule has 0 aliphatic heterocycles. The molecule has 0 amide bonds. The molecule has 0 aromatic rings. The van der Waals surface area contributed by atoms with E-state index in [-0.39, 0.29) is 18.6 Å². The summed E-state index contributed by atoms with van der Waals surface area (Å²) in [6.45, 7) is 13.0. The summed E-state index contributed by atoms with van der Waals surface area (Å²) in [4.78, 5) is 39.8. The van der Waals surface area contributed by atoms with E-state index in [2.05, 4.69) is 0 Å². The molecule has 0 aromatic heterocycles. The van der Waals surface area contributed by atoms with Crippen LogP contribution in [0.3, 0.4) is 0 Å². The number of hydrogen-bond acceptors (Lipinski definition) is 6. The highest BCUT2D eigenvalue weighted by molar-refractivity contribution is 6.00. The maximum absolute atomic E-state index is 11.0. The lowest BCUT2D eigenvalue weighted by molar-refractivity contribution is -0.144. The molecular formula is C17H34O6. The Labute approximate surface area is 140 Å². The summed E-state index contributed by atoms with van der Waals surface area (Å²) in [6, 6.07) is 0. The summed E-state index contributed by atoms with van der Waals surface area (Å²) in [7, 11) is 0. The number of aldehydes is 1. The first-order valence-corrected chi connectivity index (χ1v) is 8.04. The van der Waals surface area contributed by atoms with Gasteiger partial charge in [0.25, 0.3) is 0 Å². The minimum absolute atomic E-state index is 0.0625. The van der Waals surface area contributed by atoms with Gasteiger partial charge in [0.2, 0.25) is 0 Å². The molecule has 0 spiro atoms. The number of Topliss-reactive ketones (excluding diaryl/α,β-unsaturated/α-hetero) is 2. The molecule has 0 saturated carbocycles. The van der Waals surface area contributed by atoms with E-state index in [1.807, 2.05) is 27.6 Å². The van der Waals surface area contributed by atoms with E-state index in [0.29, 0.717) is 25.5 Å². The van der Waals surface area contributed by atoms with Crippen molar-refractivity contribution >= 4 is 24.6 Å². The first-order chi connectivity index (χ1) is 10.8. The van der Waals surface area contributed by atoms with Crippen molar-refractivity contribution in [3.05, 3.63) is 0 Å². The van der Waals surface area contributed by atoms with Crippen LogP contribution >= 0.6 is 0 Å². The highest BCUT2D eigenvalue weighted by Gasteiger charge is 2.32. The van der Waals surface area contributed by atoms with Crippen LogP contribution < -0.4 is 0 Å². The first kappa shape index (κ1) is 29.6. The average Bonchev–Trinajstić information content (AvgIpc) is 2.63. The zero-order valence-electron chi connectivity index (χ0n) is 15.4. The number of aliphatic hydroxyl groups excluding tert-OH is 1. The zero-order chi connectivity index (χ0) is 19.5. The average molecular weight is 334 g/mol. The summed E-state index contributed by atoms with van der Waals surface area (Å²) in [5.41, 5.74) is -1.72. The van der Waals surface area contributed by atoms with Crippen LogP contribution in [0.5, 0.6) is 0 Å². The lowest BCUT2D eigenvalue weighted by Gasteiger charge is -2.17. The molecule has 2 unspecified atom stereocenters. The number of hydrogen-bond donors (Lipinski definition) is 2. The van der Waals surface area contributed by atoms with Gasteiger partial charge in [0.05, 0.1) is 0 Å². The zero-order valence-corrected chi connectivity index (χ0v) is 15.4. The van der Waals surface area contributed by atoms with Gasteiger partial charge in [0.1, 0.15) is 12.9 Å². The van der Waals surface area contributed by atoms with Crippen molar-refractivity contribution in [2.24, 2.45) is 0 Å². The van der Waals surface area contributed by atoms with Gasteiger partial charge < -0.3 is 15.0 Å². The van der Waals surface area contributed by atoms with Crippen LogP contribution in [0.1, 0.15) is 73.6 Å². The van der Waals surface area contributed by atoms with Crippen molar-refractivity contribution in [2.75, 3.05) is 0 Å². The molecular weight excluding hydrogens is 300 g/mol. The summed E-state index contributed by atoms with van der Waals surface area (Å²) < 4.78 is 0. The van der Waals surface area contributed by atoms with E-state index in [4.69, 9.17) is 9.90 Å². The van der Waals surface area contributed by atoms with Crippen molar-refractivity contribution in [2.45, 2.75) is 85.4 Å². The van der Waals surface area contributed by atoms with E-state index in [9.17, 15) is 19.5 Å². The van der Waals surface area contributed by atoms with Crippen LogP contribution in [-0.4, -0.2) is 46.6 Å². The van der Waals surface area contributed by atoms with Crippen molar-refractivity contribution in [1.82, 2.24) is 0 Å². The van der Waals surface area contributed by atoms with E-state index in [0.717, 1.165) is 0 Å². The third-order valence-electron chi connectivity index (χ3n) is 2.74. The van der Waals surface area contributed by atoms with Gasteiger partial charge in [-0.3, -0.25) is 14.4 Å². The second-order valence-electron chi connectivity index (χ2n) is 4.31. The van der Waals surface area contributed by atoms with Crippen molar-refractivity contribution in [3.8, 4) is 0 Å². The molecule has 2 N–H and O–H groups in total. The lowest BCUT2D eigenvalue weighted by atomic mass is 9.93. The predicted octanol–water partition coefficient (Wildman–Crippen LogP) is 2.27. The largest absolute Gasteiger partial charge is 0.385 e. The molecule has 6 nitrogen and oxygen atoms in total. The smallest absolute Gasteiger partial charge is 0.177 e. The molecule has 0 rings (SSSR count). The van der Waals surface area contributed by atoms with Gasteiger partial charge in [0.15, 0.2) is 23.5 Å². The van der Waals surface area contributed by atoms with E-state index < -0.39 is 17.5 Å². The summed E-state index contributed by atoms with van der Waals surface area (Å²) in [6.07, 6.45) is 1.64. The molecule has 6 heteroatoms. The van der Waals surface area contributed by atoms with Crippen LogP contribution in [0.15, 0.2) is 0 Å². The Hall–Kier alpha value is -1.40.